The summed E-state index contributed by atoms with van der Waals surface area (Å²) in [7, 11) is 1.49. The Morgan fingerprint density at radius 1 is 0.842 bits per heavy atom. The molecule has 6 heteroatoms. The van der Waals surface area contributed by atoms with Gasteiger partial charge in [0.25, 0.3) is 0 Å². The van der Waals surface area contributed by atoms with Gasteiger partial charge in [0, 0.05) is 27.2 Å². The normalized spacial score (nSPS) is 10.6. The molecule has 2 rings (SSSR count). The van der Waals surface area contributed by atoms with Crippen LogP contribution in [0.1, 0.15) is 0 Å². The molecule has 0 spiro atoms. The molecular weight excluding hydrogens is 349 g/mol. The zero-order valence-electron chi connectivity index (χ0n) is 9.61. The largest absolute Gasteiger partial charge is 0.495 e. The summed E-state index contributed by atoms with van der Waals surface area (Å²) in [6.45, 7) is 0. The van der Waals surface area contributed by atoms with Crippen molar-refractivity contribution in [1.29, 1.82) is 0 Å². The predicted molar refractivity (Wildman–Crippen MR) is 83.5 cm³/mol. The smallest absolute Gasteiger partial charge is 0.140 e. The van der Waals surface area contributed by atoms with Crippen LogP contribution in [0.5, 0.6) is 5.75 Å². The van der Waals surface area contributed by atoms with Gasteiger partial charge in [0.15, 0.2) is 0 Å². The zero-order valence-corrected chi connectivity index (χ0v) is 13.4. The Bertz CT molecular complexity index is 639. The average Bonchev–Trinajstić information content (AvgIpc) is 2.38. The molecule has 0 saturated carbocycles. The van der Waals surface area contributed by atoms with E-state index in [4.69, 9.17) is 62.7 Å². The monoisotopic (exact) mass is 354 g/mol. The minimum absolute atomic E-state index is 0.273. The van der Waals surface area contributed by atoms with E-state index in [1.54, 1.807) is 24.3 Å². The van der Waals surface area contributed by atoms with Gasteiger partial charge in [0.1, 0.15) is 10.8 Å². The number of rotatable bonds is 2. The van der Waals surface area contributed by atoms with E-state index < -0.39 is 0 Å². The van der Waals surface area contributed by atoms with Crippen LogP contribution in [0.2, 0.25) is 25.1 Å². The maximum absolute atomic E-state index is 6.24. The van der Waals surface area contributed by atoms with E-state index in [9.17, 15) is 0 Å². The molecule has 19 heavy (non-hydrogen) atoms. The fraction of sp³-hybridized carbons (Fsp3) is 0.0769. The lowest BCUT2D eigenvalue weighted by Crippen LogP contribution is -1.90. The molecule has 2 aromatic rings. The van der Waals surface area contributed by atoms with Crippen molar-refractivity contribution in [3.05, 3.63) is 49.4 Å². The van der Waals surface area contributed by atoms with Crippen LogP contribution in [0.3, 0.4) is 0 Å². The van der Waals surface area contributed by atoms with Gasteiger partial charge in [-0.25, -0.2) is 0 Å². The second-order valence-electron chi connectivity index (χ2n) is 3.69. The predicted octanol–water partition coefficient (Wildman–Crippen LogP) is 6.63. The van der Waals surface area contributed by atoms with Gasteiger partial charge in [-0.15, -0.1) is 0 Å². The van der Waals surface area contributed by atoms with Crippen molar-refractivity contribution in [2.24, 2.45) is 0 Å². The van der Waals surface area contributed by atoms with Crippen LogP contribution in [0.25, 0.3) is 11.1 Å². The molecule has 0 saturated heterocycles. The third-order valence-electron chi connectivity index (χ3n) is 2.54. The zero-order chi connectivity index (χ0) is 14.2. The van der Waals surface area contributed by atoms with Crippen LogP contribution in [-0.2, 0) is 0 Å². The van der Waals surface area contributed by atoms with Crippen LogP contribution in [0.15, 0.2) is 24.3 Å². The Hall–Kier alpha value is -0.310. The fourth-order valence-corrected chi connectivity index (χ4v) is 2.91. The minimum Gasteiger partial charge on any atom is -0.495 e. The number of ether oxygens (including phenoxy) is 1. The third kappa shape index (κ3) is 2.91. The lowest BCUT2D eigenvalue weighted by atomic mass is 10.1. The van der Waals surface area contributed by atoms with Crippen LogP contribution < -0.4 is 4.74 Å². The van der Waals surface area contributed by atoms with Gasteiger partial charge >= 0.3 is 0 Å². The van der Waals surface area contributed by atoms with E-state index in [1.165, 1.54) is 7.11 Å². The van der Waals surface area contributed by atoms with Crippen molar-refractivity contribution < 1.29 is 4.74 Å². The first kappa shape index (κ1) is 15.1. The fourth-order valence-electron chi connectivity index (χ4n) is 1.66. The molecule has 0 aromatic heterocycles. The first-order chi connectivity index (χ1) is 8.95. The molecule has 0 bridgehead atoms. The maximum Gasteiger partial charge on any atom is 0.140 e. The molecule has 0 aliphatic carbocycles. The van der Waals surface area contributed by atoms with E-state index in [1.807, 2.05) is 0 Å². The van der Waals surface area contributed by atoms with Gasteiger partial charge in [-0.1, -0.05) is 58.0 Å². The van der Waals surface area contributed by atoms with E-state index in [0.29, 0.717) is 31.9 Å². The van der Waals surface area contributed by atoms with Gasteiger partial charge in [0.05, 0.1) is 17.2 Å². The summed E-state index contributed by atoms with van der Waals surface area (Å²) in [5.41, 5.74) is 1.15. The Morgan fingerprint density at radius 3 is 2.16 bits per heavy atom. The summed E-state index contributed by atoms with van der Waals surface area (Å²) < 4.78 is 5.09. The van der Waals surface area contributed by atoms with Crippen molar-refractivity contribution in [3.63, 3.8) is 0 Å². The number of hydrogen-bond acceptors (Lipinski definition) is 1. The lowest BCUT2D eigenvalue weighted by Gasteiger charge is -2.13. The van der Waals surface area contributed by atoms with Crippen molar-refractivity contribution in [1.82, 2.24) is 0 Å². The molecule has 2 aromatic carbocycles. The van der Waals surface area contributed by atoms with E-state index in [-0.39, 0.29) is 10.0 Å². The lowest BCUT2D eigenvalue weighted by molar-refractivity contribution is 0.415. The molecule has 0 unspecified atom stereocenters. The summed E-state index contributed by atoms with van der Waals surface area (Å²) in [4.78, 5) is 0. The average molecular weight is 356 g/mol. The van der Waals surface area contributed by atoms with Gasteiger partial charge in [-0.2, -0.15) is 0 Å². The number of methoxy groups -OCH3 is 1. The van der Waals surface area contributed by atoms with Gasteiger partial charge in [0.2, 0.25) is 0 Å². The Morgan fingerprint density at radius 2 is 1.53 bits per heavy atom. The highest BCUT2D eigenvalue weighted by Gasteiger charge is 2.18. The van der Waals surface area contributed by atoms with Crippen molar-refractivity contribution in [2.45, 2.75) is 0 Å². The molecular formula is C13H7Cl5O. The van der Waals surface area contributed by atoms with E-state index in [2.05, 4.69) is 0 Å². The first-order valence-corrected chi connectivity index (χ1v) is 7.01. The maximum atomic E-state index is 6.24. The highest BCUT2D eigenvalue weighted by molar-refractivity contribution is 6.47. The highest BCUT2D eigenvalue weighted by atomic mass is 35.5. The van der Waals surface area contributed by atoms with Crippen molar-refractivity contribution >= 4 is 58.0 Å². The minimum atomic E-state index is 0.273. The number of benzene rings is 2. The molecule has 0 radical (unpaired) electrons. The summed E-state index contributed by atoms with van der Waals surface area (Å²) in [5.74, 6) is 0.401. The number of halogens is 5. The first-order valence-electron chi connectivity index (χ1n) is 5.12. The Balaban J connectivity index is 2.76. The molecule has 1 nitrogen and oxygen atoms in total. The summed E-state index contributed by atoms with van der Waals surface area (Å²) in [6, 6.07) is 6.62. The van der Waals surface area contributed by atoms with Gasteiger partial charge < -0.3 is 4.74 Å². The molecule has 0 atom stereocenters. The molecule has 0 N–H and O–H groups in total. The third-order valence-corrected chi connectivity index (χ3v) is 4.26. The molecule has 0 heterocycles. The summed E-state index contributed by atoms with van der Waals surface area (Å²) in [6.07, 6.45) is 0. The van der Waals surface area contributed by atoms with Crippen molar-refractivity contribution in [3.8, 4) is 16.9 Å². The van der Waals surface area contributed by atoms with E-state index in [0.717, 1.165) is 0 Å². The molecule has 0 fully saturated rings. The quantitative estimate of drug-likeness (QED) is 0.549. The Labute approximate surface area is 135 Å². The van der Waals surface area contributed by atoms with Crippen LogP contribution >= 0.6 is 58.0 Å². The topological polar surface area (TPSA) is 9.23 Å². The molecule has 0 amide bonds. The van der Waals surface area contributed by atoms with Crippen LogP contribution in [0, 0.1) is 0 Å². The van der Waals surface area contributed by atoms with E-state index >= 15 is 0 Å². The SMILES string of the molecule is COc1cc(Cl)c(-c2cc(Cl)ccc2Cl)c(Cl)c1Cl. The molecule has 0 aliphatic heterocycles. The van der Waals surface area contributed by atoms with Gasteiger partial charge in [-0.3, -0.25) is 0 Å². The van der Waals surface area contributed by atoms with Crippen LogP contribution in [-0.4, -0.2) is 7.11 Å². The summed E-state index contributed by atoms with van der Waals surface area (Å²) >= 11 is 30.7. The second-order valence-corrected chi connectivity index (χ2v) is 5.69. The standard InChI is InChI=1S/C13H7Cl5O/c1-19-10-5-9(16)11(13(18)12(10)17)7-4-6(14)2-3-8(7)15/h2-5H,1H3. The molecule has 100 valence electrons. The van der Waals surface area contributed by atoms with Gasteiger partial charge in [-0.05, 0) is 18.2 Å². The summed E-state index contributed by atoms with van der Waals surface area (Å²) in [5, 5.41) is 1.94. The second kappa shape index (κ2) is 5.99. The molecule has 0 aliphatic rings. The highest BCUT2D eigenvalue weighted by Crippen LogP contribution is 2.46. The van der Waals surface area contributed by atoms with Crippen molar-refractivity contribution in [2.75, 3.05) is 7.11 Å². The number of hydrogen-bond donors (Lipinski definition) is 0. The van der Waals surface area contributed by atoms with Crippen LogP contribution in [0.4, 0.5) is 0 Å². The Kier molecular flexibility index (Phi) is 4.75.